The van der Waals surface area contributed by atoms with Gasteiger partial charge in [-0.2, -0.15) is 9.82 Å². The van der Waals surface area contributed by atoms with Crippen LogP contribution in [0.2, 0.25) is 0 Å². The first-order chi connectivity index (χ1) is 14.3. The molecule has 0 saturated heterocycles. The van der Waals surface area contributed by atoms with Gasteiger partial charge in [0.2, 0.25) is 15.9 Å². The fourth-order valence-corrected chi connectivity index (χ4v) is 4.36. The van der Waals surface area contributed by atoms with Gasteiger partial charge in [0, 0.05) is 18.1 Å². The minimum Gasteiger partial charge on any atom is -0.325 e. The largest absolute Gasteiger partial charge is 0.325 e. The summed E-state index contributed by atoms with van der Waals surface area (Å²) >= 11 is 0. The van der Waals surface area contributed by atoms with Crippen molar-refractivity contribution in [2.45, 2.75) is 31.3 Å². The molecule has 0 unspecified atom stereocenters. The number of benzene rings is 2. The highest BCUT2D eigenvalue weighted by atomic mass is 32.2. The van der Waals surface area contributed by atoms with E-state index >= 15 is 0 Å². The minimum absolute atomic E-state index is 0.362. The minimum atomic E-state index is -4.21. The first-order valence-corrected chi connectivity index (χ1v) is 10.9. The van der Waals surface area contributed by atoms with E-state index in [4.69, 9.17) is 0 Å². The van der Waals surface area contributed by atoms with Crippen LogP contribution in [0.15, 0.2) is 71.9 Å². The second-order valence-electron chi connectivity index (χ2n) is 7.17. The quantitative estimate of drug-likeness (QED) is 0.575. The molecule has 2 aromatic carbocycles. The number of anilines is 1. The number of hydrogen-bond donors (Lipinski definition) is 2. The van der Waals surface area contributed by atoms with E-state index in [1.165, 1.54) is 12.1 Å². The highest BCUT2D eigenvalue weighted by Gasteiger charge is 2.29. The Kier molecular flexibility index (Phi) is 6.63. The molecule has 0 bridgehead atoms. The van der Waals surface area contributed by atoms with Crippen LogP contribution in [0.3, 0.4) is 0 Å². The zero-order valence-corrected chi connectivity index (χ0v) is 17.4. The monoisotopic (exact) mass is 430 g/mol. The van der Waals surface area contributed by atoms with Gasteiger partial charge in [0.25, 0.3) is 0 Å². The van der Waals surface area contributed by atoms with Gasteiger partial charge in [0.05, 0.1) is 6.54 Å². The molecule has 7 nitrogen and oxygen atoms in total. The molecule has 1 amide bonds. The van der Waals surface area contributed by atoms with Crippen molar-refractivity contribution in [1.82, 2.24) is 14.5 Å². The average Bonchev–Trinajstić information content (AvgIpc) is 3.19. The summed E-state index contributed by atoms with van der Waals surface area (Å²) in [5.41, 5.74) is 1.45. The molecule has 0 spiro atoms. The predicted octanol–water partition coefficient (Wildman–Crippen LogP) is 3.01. The number of sulfonamides is 1. The molecular weight excluding hydrogens is 407 g/mol. The van der Waals surface area contributed by atoms with Gasteiger partial charge in [-0.15, -0.1) is 0 Å². The van der Waals surface area contributed by atoms with Crippen molar-refractivity contribution in [2.75, 3.05) is 5.32 Å². The van der Waals surface area contributed by atoms with Crippen LogP contribution in [0.4, 0.5) is 10.1 Å². The molecule has 1 aromatic heterocycles. The molecule has 0 aliphatic rings. The Morgan fingerprint density at radius 2 is 1.90 bits per heavy atom. The molecular formula is C21H23FN4O3S. The summed E-state index contributed by atoms with van der Waals surface area (Å²) < 4.78 is 43.3. The van der Waals surface area contributed by atoms with Crippen molar-refractivity contribution in [2.24, 2.45) is 5.92 Å². The van der Waals surface area contributed by atoms with E-state index in [1.807, 2.05) is 18.3 Å². The Hall–Kier alpha value is -3.04. The summed E-state index contributed by atoms with van der Waals surface area (Å²) in [5, 5.41) is 6.89. The van der Waals surface area contributed by atoms with Gasteiger partial charge in [0.1, 0.15) is 16.8 Å². The normalized spacial score (nSPS) is 12.7. The summed E-state index contributed by atoms with van der Waals surface area (Å²) in [7, 11) is -4.21. The molecule has 0 aliphatic heterocycles. The molecule has 3 aromatic rings. The Balaban J connectivity index is 1.75. The lowest BCUT2D eigenvalue weighted by molar-refractivity contribution is -0.118. The second kappa shape index (κ2) is 9.19. The molecule has 158 valence electrons. The van der Waals surface area contributed by atoms with Crippen molar-refractivity contribution in [3.63, 3.8) is 0 Å². The highest BCUT2D eigenvalue weighted by Crippen LogP contribution is 2.17. The lowest BCUT2D eigenvalue weighted by Gasteiger charge is -2.22. The first kappa shape index (κ1) is 21.7. The number of aromatic nitrogens is 2. The second-order valence-corrected chi connectivity index (χ2v) is 8.85. The summed E-state index contributed by atoms with van der Waals surface area (Å²) in [6.07, 6.45) is 3.51. The van der Waals surface area contributed by atoms with Crippen molar-refractivity contribution in [3.05, 3.63) is 78.4 Å². The molecule has 30 heavy (non-hydrogen) atoms. The van der Waals surface area contributed by atoms with Crippen LogP contribution in [0.1, 0.15) is 19.4 Å². The number of nitrogens with zero attached hydrogens (tertiary/aromatic N) is 2. The molecule has 3 rings (SSSR count). The lowest BCUT2D eigenvalue weighted by Crippen LogP contribution is -2.47. The summed E-state index contributed by atoms with van der Waals surface area (Å²) in [6.45, 7) is 3.95. The van der Waals surface area contributed by atoms with Crippen LogP contribution < -0.4 is 10.0 Å². The maximum absolute atomic E-state index is 14.0. The van der Waals surface area contributed by atoms with Gasteiger partial charge < -0.3 is 5.32 Å². The zero-order chi connectivity index (χ0) is 21.7. The van der Waals surface area contributed by atoms with E-state index < -0.39 is 32.7 Å². The van der Waals surface area contributed by atoms with Crippen LogP contribution in [0, 0.1) is 11.7 Å². The molecule has 1 atom stereocenters. The molecule has 0 radical (unpaired) electrons. The molecule has 9 heteroatoms. The molecule has 2 N–H and O–H groups in total. The van der Waals surface area contributed by atoms with E-state index in [0.717, 1.165) is 17.7 Å². The number of halogens is 1. The van der Waals surface area contributed by atoms with Gasteiger partial charge >= 0.3 is 0 Å². The van der Waals surface area contributed by atoms with Crippen molar-refractivity contribution in [3.8, 4) is 0 Å². The maximum Gasteiger partial charge on any atom is 0.244 e. The highest BCUT2D eigenvalue weighted by molar-refractivity contribution is 7.89. The number of amides is 1. The van der Waals surface area contributed by atoms with E-state index in [0.29, 0.717) is 12.2 Å². The van der Waals surface area contributed by atoms with E-state index in [1.54, 1.807) is 42.9 Å². The summed E-state index contributed by atoms with van der Waals surface area (Å²) in [5.74, 6) is -1.76. The number of hydrogen-bond acceptors (Lipinski definition) is 4. The van der Waals surface area contributed by atoms with Crippen LogP contribution in [0.5, 0.6) is 0 Å². The molecule has 1 heterocycles. The van der Waals surface area contributed by atoms with Gasteiger partial charge in [-0.25, -0.2) is 12.8 Å². The topological polar surface area (TPSA) is 93.1 Å². The van der Waals surface area contributed by atoms with Crippen molar-refractivity contribution in [1.29, 1.82) is 0 Å². The Morgan fingerprint density at radius 3 is 2.57 bits per heavy atom. The third kappa shape index (κ3) is 5.31. The lowest BCUT2D eigenvalue weighted by atomic mass is 10.0. The van der Waals surface area contributed by atoms with Gasteiger partial charge in [-0.1, -0.05) is 38.1 Å². The first-order valence-electron chi connectivity index (χ1n) is 9.40. The third-order valence-electron chi connectivity index (χ3n) is 4.46. The van der Waals surface area contributed by atoms with Crippen LogP contribution in [-0.4, -0.2) is 30.1 Å². The van der Waals surface area contributed by atoms with Crippen molar-refractivity contribution < 1.29 is 17.6 Å². The van der Waals surface area contributed by atoms with Crippen molar-refractivity contribution >= 4 is 21.6 Å². The maximum atomic E-state index is 14.0. The fraction of sp³-hybridized carbons (Fsp3) is 0.238. The average molecular weight is 431 g/mol. The van der Waals surface area contributed by atoms with E-state index in [2.05, 4.69) is 15.1 Å². The van der Waals surface area contributed by atoms with Crippen LogP contribution in [-0.2, 0) is 21.4 Å². The van der Waals surface area contributed by atoms with Crippen LogP contribution in [0.25, 0.3) is 0 Å². The smallest absolute Gasteiger partial charge is 0.244 e. The summed E-state index contributed by atoms with van der Waals surface area (Å²) in [6, 6.07) is 13.0. The zero-order valence-electron chi connectivity index (χ0n) is 16.6. The van der Waals surface area contributed by atoms with E-state index in [9.17, 15) is 17.6 Å². The standard InChI is InChI=1S/C21H23FN4O3S/c1-15(2)20(25-30(28,29)19-10-4-3-9-18(19)22)21(27)24-17-8-5-7-16(13-17)14-26-12-6-11-23-26/h3-13,15,20,25H,14H2,1-2H3,(H,24,27)/t20-/m0/s1. The van der Waals surface area contributed by atoms with Gasteiger partial charge in [-0.3, -0.25) is 9.48 Å². The van der Waals surface area contributed by atoms with Gasteiger partial charge in [-0.05, 0) is 41.8 Å². The summed E-state index contributed by atoms with van der Waals surface area (Å²) in [4.78, 5) is 12.3. The number of carbonyl (C=O) groups excluding carboxylic acids is 1. The molecule has 0 saturated carbocycles. The number of rotatable bonds is 8. The molecule has 0 aliphatic carbocycles. The predicted molar refractivity (Wildman–Crippen MR) is 112 cm³/mol. The third-order valence-corrected chi connectivity index (χ3v) is 5.93. The SMILES string of the molecule is CC(C)[C@H](NS(=O)(=O)c1ccccc1F)C(=O)Nc1cccc(Cn2cccn2)c1. The Labute approximate surface area is 175 Å². The Morgan fingerprint density at radius 1 is 1.13 bits per heavy atom. The Bertz CT molecular complexity index is 1110. The van der Waals surface area contributed by atoms with E-state index in [-0.39, 0.29) is 5.92 Å². The molecule has 0 fully saturated rings. The number of carbonyl (C=O) groups is 1. The number of nitrogens with one attached hydrogen (secondary N) is 2. The van der Waals surface area contributed by atoms with Crippen LogP contribution >= 0.6 is 0 Å². The van der Waals surface area contributed by atoms with Gasteiger partial charge in [0.15, 0.2) is 0 Å². The fourth-order valence-electron chi connectivity index (χ4n) is 2.93.